The fourth-order valence-corrected chi connectivity index (χ4v) is 1.78. The molecule has 0 aliphatic carbocycles. The Morgan fingerprint density at radius 1 is 1.47 bits per heavy atom. The van der Waals surface area contributed by atoms with E-state index >= 15 is 0 Å². The highest BCUT2D eigenvalue weighted by atomic mass is 32.2. The van der Waals surface area contributed by atoms with Gasteiger partial charge >= 0.3 is 0 Å². The van der Waals surface area contributed by atoms with E-state index in [1.807, 2.05) is 0 Å². The number of carbonyl (C=O) groups is 1. The van der Waals surface area contributed by atoms with E-state index in [1.54, 1.807) is 18.2 Å². The first kappa shape index (κ1) is 13.2. The SMILES string of the molecule is C=CCNC(=O)CSc1ccc([N+](=O)[O-])cc1. The molecule has 0 spiro atoms. The van der Waals surface area contributed by atoms with Gasteiger partial charge in [0.2, 0.25) is 5.91 Å². The number of nitrogens with zero attached hydrogens (tertiary/aromatic N) is 1. The lowest BCUT2D eigenvalue weighted by Gasteiger charge is -2.02. The van der Waals surface area contributed by atoms with Crippen LogP contribution in [0.5, 0.6) is 0 Å². The third-order valence-corrected chi connectivity index (χ3v) is 2.87. The maximum absolute atomic E-state index is 11.3. The first-order valence-electron chi connectivity index (χ1n) is 4.88. The number of thioether (sulfide) groups is 1. The molecule has 0 saturated carbocycles. The molecule has 0 radical (unpaired) electrons. The van der Waals surface area contributed by atoms with Gasteiger partial charge in [-0.25, -0.2) is 0 Å². The van der Waals surface area contributed by atoms with Gasteiger partial charge in [-0.15, -0.1) is 18.3 Å². The van der Waals surface area contributed by atoms with Crippen LogP contribution in [0.1, 0.15) is 0 Å². The fourth-order valence-electron chi connectivity index (χ4n) is 1.05. The fraction of sp³-hybridized carbons (Fsp3) is 0.182. The Bertz CT molecular complexity index is 417. The predicted octanol–water partition coefficient (Wildman–Crippen LogP) is 1.99. The van der Waals surface area contributed by atoms with Gasteiger partial charge in [-0.2, -0.15) is 0 Å². The van der Waals surface area contributed by atoms with Crippen LogP contribution in [0, 0.1) is 10.1 Å². The zero-order valence-corrected chi connectivity index (χ0v) is 9.90. The maximum atomic E-state index is 11.3. The van der Waals surface area contributed by atoms with Crippen LogP contribution in [0.3, 0.4) is 0 Å². The minimum absolute atomic E-state index is 0.0467. The smallest absolute Gasteiger partial charge is 0.269 e. The van der Waals surface area contributed by atoms with Crippen LogP contribution in [-0.4, -0.2) is 23.1 Å². The van der Waals surface area contributed by atoms with Gasteiger partial charge in [0.15, 0.2) is 0 Å². The molecule has 1 amide bonds. The van der Waals surface area contributed by atoms with Crippen molar-refractivity contribution in [3.63, 3.8) is 0 Å². The maximum Gasteiger partial charge on any atom is 0.269 e. The van der Waals surface area contributed by atoms with E-state index in [2.05, 4.69) is 11.9 Å². The summed E-state index contributed by atoms with van der Waals surface area (Å²) in [5.74, 6) is 0.194. The highest BCUT2D eigenvalue weighted by molar-refractivity contribution is 8.00. The van der Waals surface area contributed by atoms with Crippen molar-refractivity contribution in [2.45, 2.75) is 4.90 Å². The van der Waals surface area contributed by atoms with Crippen molar-refractivity contribution < 1.29 is 9.72 Å². The average molecular weight is 252 g/mol. The summed E-state index contributed by atoms with van der Waals surface area (Å²) >= 11 is 1.33. The number of nitro benzene ring substituents is 1. The first-order chi connectivity index (χ1) is 8.13. The van der Waals surface area contributed by atoms with Gasteiger partial charge < -0.3 is 5.32 Å². The quantitative estimate of drug-likeness (QED) is 0.364. The number of non-ortho nitro benzene ring substituents is 1. The summed E-state index contributed by atoms with van der Waals surface area (Å²) in [6.45, 7) is 3.94. The summed E-state index contributed by atoms with van der Waals surface area (Å²) in [6, 6.07) is 6.10. The van der Waals surface area contributed by atoms with Gasteiger partial charge in [0.1, 0.15) is 0 Å². The number of hydrogen-bond donors (Lipinski definition) is 1. The molecule has 0 saturated heterocycles. The molecule has 0 bridgehead atoms. The molecule has 0 heterocycles. The molecular weight excluding hydrogens is 240 g/mol. The van der Waals surface area contributed by atoms with E-state index in [1.165, 1.54) is 23.9 Å². The van der Waals surface area contributed by atoms with Gasteiger partial charge in [-0.1, -0.05) is 6.08 Å². The number of benzene rings is 1. The Hall–Kier alpha value is -1.82. The van der Waals surface area contributed by atoms with E-state index in [-0.39, 0.29) is 17.3 Å². The summed E-state index contributed by atoms with van der Waals surface area (Å²) in [5.41, 5.74) is 0.0467. The monoisotopic (exact) mass is 252 g/mol. The summed E-state index contributed by atoms with van der Waals surface area (Å²) < 4.78 is 0. The van der Waals surface area contributed by atoms with Crippen molar-refractivity contribution in [3.05, 3.63) is 47.0 Å². The second-order valence-corrected chi connectivity index (χ2v) is 4.18. The largest absolute Gasteiger partial charge is 0.352 e. The van der Waals surface area contributed by atoms with Gasteiger partial charge in [-0.3, -0.25) is 14.9 Å². The van der Waals surface area contributed by atoms with Gasteiger partial charge in [0.25, 0.3) is 5.69 Å². The minimum atomic E-state index is -0.453. The molecule has 6 heteroatoms. The van der Waals surface area contributed by atoms with Crippen LogP contribution >= 0.6 is 11.8 Å². The van der Waals surface area contributed by atoms with Gasteiger partial charge in [0.05, 0.1) is 10.7 Å². The second-order valence-electron chi connectivity index (χ2n) is 3.13. The Balaban J connectivity index is 2.44. The zero-order chi connectivity index (χ0) is 12.7. The highest BCUT2D eigenvalue weighted by Crippen LogP contribution is 2.20. The Kier molecular flexibility index (Phi) is 5.22. The lowest BCUT2D eigenvalue weighted by atomic mass is 10.3. The molecule has 1 aromatic carbocycles. The molecule has 0 aliphatic heterocycles. The number of carbonyl (C=O) groups excluding carboxylic acids is 1. The summed E-state index contributed by atoms with van der Waals surface area (Å²) in [4.78, 5) is 22.1. The molecule has 1 aromatic rings. The van der Waals surface area contributed by atoms with E-state index in [4.69, 9.17) is 0 Å². The molecule has 17 heavy (non-hydrogen) atoms. The van der Waals surface area contributed by atoms with Crippen LogP contribution in [0.2, 0.25) is 0 Å². The number of hydrogen-bond acceptors (Lipinski definition) is 4. The molecule has 0 atom stereocenters. The van der Waals surface area contributed by atoms with E-state index < -0.39 is 4.92 Å². The van der Waals surface area contributed by atoms with Crippen LogP contribution in [-0.2, 0) is 4.79 Å². The van der Waals surface area contributed by atoms with Crippen molar-refractivity contribution in [3.8, 4) is 0 Å². The molecule has 1 rings (SSSR count). The van der Waals surface area contributed by atoms with E-state index in [0.29, 0.717) is 6.54 Å². The van der Waals surface area contributed by atoms with Crippen LogP contribution in [0.15, 0.2) is 41.8 Å². The topological polar surface area (TPSA) is 72.2 Å². The van der Waals surface area contributed by atoms with Crippen molar-refractivity contribution in [1.29, 1.82) is 0 Å². The second kappa shape index (κ2) is 6.70. The van der Waals surface area contributed by atoms with Crippen LogP contribution in [0.25, 0.3) is 0 Å². The molecule has 1 N–H and O–H groups in total. The molecule has 90 valence electrons. The summed E-state index contributed by atoms with van der Waals surface area (Å²) in [5, 5.41) is 13.1. The number of nitro groups is 1. The average Bonchev–Trinajstić information content (AvgIpc) is 2.34. The molecule has 5 nitrogen and oxygen atoms in total. The third-order valence-electron chi connectivity index (χ3n) is 1.86. The van der Waals surface area contributed by atoms with E-state index in [0.717, 1.165) is 4.90 Å². The van der Waals surface area contributed by atoms with Crippen LogP contribution < -0.4 is 5.32 Å². The summed E-state index contributed by atoms with van der Waals surface area (Å²) in [6.07, 6.45) is 1.61. The van der Waals surface area contributed by atoms with E-state index in [9.17, 15) is 14.9 Å². The highest BCUT2D eigenvalue weighted by Gasteiger charge is 2.05. The number of amides is 1. The van der Waals surface area contributed by atoms with Gasteiger partial charge in [0, 0.05) is 23.6 Å². The Morgan fingerprint density at radius 2 is 2.12 bits per heavy atom. The lowest BCUT2D eigenvalue weighted by Crippen LogP contribution is -2.24. The summed E-state index contributed by atoms with van der Waals surface area (Å²) in [7, 11) is 0. The van der Waals surface area contributed by atoms with Crippen molar-refractivity contribution in [2.24, 2.45) is 0 Å². The van der Waals surface area contributed by atoms with Crippen molar-refractivity contribution >= 4 is 23.4 Å². The molecule has 0 aliphatic rings. The predicted molar refractivity (Wildman–Crippen MR) is 67.0 cm³/mol. The van der Waals surface area contributed by atoms with Crippen molar-refractivity contribution in [2.75, 3.05) is 12.3 Å². The Labute approximate surface area is 103 Å². The molecule has 0 unspecified atom stereocenters. The number of rotatable bonds is 6. The molecule has 0 fully saturated rings. The third kappa shape index (κ3) is 4.69. The number of nitrogens with one attached hydrogen (secondary N) is 1. The van der Waals surface area contributed by atoms with Crippen molar-refractivity contribution in [1.82, 2.24) is 5.32 Å². The Morgan fingerprint density at radius 3 is 2.65 bits per heavy atom. The lowest BCUT2D eigenvalue weighted by molar-refractivity contribution is -0.384. The molecular formula is C11H12N2O3S. The molecule has 0 aromatic heterocycles. The first-order valence-corrected chi connectivity index (χ1v) is 5.87. The normalized spacial score (nSPS) is 9.65. The zero-order valence-electron chi connectivity index (χ0n) is 9.09. The standard InChI is InChI=1S/C11H12N2O3S/c1-2-7-12-11(14)8-17-10-5-3-9(4-6-10)13(15)16/h2-6H,1,7-8H2,(H,12,14). The van der Waals surface area contributed by atoms with Crippen LogP contribution in [0.4, 0.5) is 5.69 Å². The van der Waals surface area contributed by atoms with Gasteiger partial charge in [-0.05, 0) is 12.1 Å². The minimum Gasteiger partial charge on any atom is -0.352 e.